The lowest BCUT2D eigenvalue weighted by atomic mass is 9.99. The van der Waals surface area contributed by atoms with Gasteiger partial charge in [-0.3, -0.25) is 0 Å². The van der Waals surface area contributed by atoms with Gasteiger partial charge in [-0.15, -0.1) is 0 Å². The van der Waals surface area contributed by atoms with Crippen LogP contribution in [-0.4, -0.2) is 47.1 Å². The second-order valence-electron chi connectivity index (χ2n) is 7.06. The third-order valence-corrected chi connectivity index (χ3v) is 4.92. The summed E-state index contributed by atoms with van der Waals surface area (Å²) in [5.41, 5.74) is 3.85. The van der Waals surface area contributed by atoms with E-state index in [9.17, 15) is 0 Å². The number of morpholine rings is 1. The number of hydrogen-bond acceptors (Lipinski definition) is 6. The zero-order chi connectivity index (χ0) is 17.0. The van der Waals surface area contributed by atoms with Crippen LogP contribution in [0.4, 0.5) is 11.5 Å². The van der Waals surface area contributed by atoms with Crippen molar-refractivity contribution in [3.8, 4) is 5.75 Å². The summed E-state index contributed by atoms with van der Waals surface area (Å²) < 4.78 is 11.5. The lowest BCUT2D eigenvalue weighted by molar-refractivity contribution is 0.0989. The molecule has 6 heteroatoms. The molecular weight excluding hydrogens is 316 g/mol. The number of aliphatic imine (C=N–C) groups is 1. The molecule has 0 N–H and O–H groups in total. The van der Waals surface area contributed by atoms with E-state index >= 15 is 0 Å². The Bertz CT molecular complexity index is 864. The minimum absolute atomic E-state index is 0.150. The van der Waals surface area contributed by atoms with Gasteiger partial charge in [0.15, 0.2) is 0 Å². The summed E-state index contributed by atoms with van der Waals surface area (Å²) in [6.07, 6.45) is 3.23. The van der Waals surface area contributed by atoms with E-state index in [1.807, 2.05) is 38.1 Å². The standard InChI is InChI=1S/C19H20N4O2/c1-11(2)25-13-3-4-16-15(6-13)19(22-16)17-7-18(21-10-20-17)23-8-14-5-12(23)9-24-14/h3-4,6-7,10-12,14H,5,8-9H2,1-2H3. The molecule has 2 bridgehead atoms. The maximum Gasteiger partial charge on any atom is 0.133 e. The van der Waals surface area contributed by atoms with E-state index in [-0.39, 0.29) is 6.10 Å². The lowest BCUT2D eigenvalue weighted by Crippen LogP contribution is -2.37. The van der Waals surface area contributed by atoms with Crippen molar-refractivity contribution in [2.24, 2.45) is 4.99 Å². The van der Waals surface area contributed by atoms with Gasteiger partial charge in [0.1, 0.15) is 17.9 Å². The Balaban J connectivity index is 1.42. The highest BCUT2D eigenvalue weighted by atomic mass is 16.5. The second-order valence-corrected chi connectivity index (χ2v) is 7.06. The fourth-order valence-electron chi connectivity index (χ4n) is 3.78. The van der Waals surface area contributed by atoms with E-state index in [1.54, 1.807) is 6.33 Å². The highest BCUT2D eigenvalue weighted by Gasteiger charge is 2.39. The van der Waals surface area contributed by atoms with Crippen molar-refractivity contribution < 1.29 is 9.47 Å². The maximum absolute atomic E-state index is 5.80. The molecule has 3 aliphatic heterocycles. The second kappa shape index (κ2) is 5.52. The van der Waals surface area contributed by atoms with Crippen LogP contribution in [0.25, 0.3) is 0 Å². The van der Waals surface area contributed by atoms with Gasteiger partial charge < -0.3 is 14.4 Å². The number of fused-ring (bicyclic) bond motifs is 3. The van der Waals surface area contributed by atoms with Crippen LogP contribution in [0.2, 0.25) is 0 Å². The number of hydrogen-bond donors (Lipinski definition) is 0. The first-order valence-corrected chi connectivity index (χ1v) is 8.78. The molecular formula is C19H20N4O2. The summed E-state index contributed by atoms with van der Waals surface area (Å²) in [7, 11) is 0. The predicted octanol–water partition coefficient (Wildman–Crippen LogP) is 2.72. The van der Waals surface area contributed by atoms with Gasteiger partial charge >= 0.3 is 0 Å². The summed E-state index contributed by atoms with van der Waals surface area (Å²) in [6.45, 7) is 5.76. The zero-order valence-electron chi connectivity index (χ0n) is 14.3. The predicted molar refractivity (Wildman–Crippen MR) is 95.0 cm³/mol. The monoisotopic (exact) mass is 336 g/mol. The molecule has 6 nitrogen and oxygen atoms in total. The highest BCUT2D eigenvalue weighted by molar-refractivity contribution is 6.21. The van der Waals surface area contributed by atoms with Crippen molar-refractivity contribution in [2.75, 3.05) is 18.1 Å². The molecule has 2 unspecified atom stereocenters. The van der Waals surface area contributed by atoms with E-state index in [1.165, 1.54) is 0 Å². The van der Waals surface area contributed by atoms with Crippen LogP contribution < -0.4 is 9.64 Å². The molecule has 128 valence electrons. The van der Waals surface area contributed by atoms with Crippen molar-refractivity contribution >= 4 is 17.2 Å². The first-order chi connectivity index (χ1) is 12.2. The molecule has 1 aromatic heterocycles. The van der Waals surface area contributed by atoms with Gasteiger partial charge in [-0.1, -0.05) is 0 Å². The molecule has 0 radical (unpaired) electrons. The number of rotatable bonds is 4. The van der Waals surface area contributed by atoms with Crippen LogP contribution in [0.3, 0.4) is 0 Å². The van der Waals surface area contributed by atoms with Crippen molar-refractivity contribution in [3.05, 3.63) is 41.9 Å². The van der Waals surface area contributed by atoms with Gasteiger partial charge in [0.25, 0.3) is 0 Å². The van der Waals surface area contributed by atoms with Crippen LogP contribution in [0.1, 0.15) is 31.5 Å². The van der Waals surface area contributed by atoms with Crippen LogP contribution in [-0.2, 0) is 4.74 Å². The number of ether oxygens (including phenoxy) is 2. The molecule has 0 aliphatic carbocycles. The van der Waals surface area contributed by atoms with Gasteiger partial charge in [0, 0.05) is 18.2 Å². The van der Waals surface area contributed by atoms with Gasteiger partial charge in [-0.05, 0) is 38.5 Å². The summed E-state index contributed by atoms with van der Waals surface area (Å²) in [6, 6.07) is 8.49. The van der Waals surface area contributed by atoms with Crippen molar-refractivity contribution in [1.29, 1.82) is 0 Å². The Morgan fingerprint density at radius 2 is 2.16 bits per heavy atom. The van der Waals surface area contributed by atoms with E-state index in [2.05, 4.69) is 19.9 Å². The van der Waals surface area contributed by atoms with Crippen LogP contribution in [0, 0.1) is 0 Å². The summed E-state index contributed by atoms with van der Waals surface area (Å²) in [5.74, 6) is 1.83. The largest absolute Gasteiger partial charge is 0.491 e. The van der Waals surface area contributed by atoms with Crippen molar-refractivity contribution in [3.63, 3.8) is 0 Å². The highest BCUT2D eigenvalue weighted by Crippen LogP contribution is 2.36. The van der Waals surface area contributed by atoms with Crippen molar-refractivity contribution in [2.45, 2.75) is 38.5 Å². The first kappa shape index (κ1) is 14.8. The Hall–Kier alpha value is -2.47. The lowest BCUT2D eigenvalue weighted by Gasteiger charge is -2.28. The number of aromatic nitrogens is 2. The fraction of sp³-hybridized carbons (Fsp3) is 0.421. The van der Waals surface area contributed by atoms with E-state index in [0.717, 1.165) is 53.8 Å². The Kier molecular flexibility index (Phi) is 3.28. The van der Waals surface area contributed by atoms with Crippen LogP contribution in [0.15, 0.2) is 35.6 Å². The topological polar surface area (TPSA) is 59.8 Å². The fourth-order valence-corrected chi connectivity index (χ4v) is 3.78. The third-order valence-electron chi connectivity index (χ3n) is 4.92. The minimum atomic E-state index is 0.150. The molecule has 0 spiro atoms. The summed E-state index contributed by atoms with van der Waals surface area (Å²) in [5, 5.41) is 0. The molecule has 2 saturated heterocycles. The number of anilines is 1. The minimum Gasteiger partial charge on any atom is -0.491 e. The molecule has 2 fully saturated rings. The molecule has 4 heterocycles. The van der Waals surface area contributed by atoms with Gasteiger partial charge in [-0.2, -0.15) is 0 Å². The molecule has 2 aromatic rings. The molecule has 1 aromatic carbocycles. The van der Waals surface area contributed by atoms with E-state index in [4.69, 9.17) is 9.47 Å². The van der Waals surface area contributed by atoms with Crippen LogP contribution >= 0.6 is 0 Å². The van der Waals surface area contributed by atoms with E-state index in [0.29, 0.717) is 12.1 Å². The molecule has 0 amide bonds. The van der Waals surface area contributed by atoms with Gasteiger partial charge in [0.2, 0.25) is 0 Å². The van der Waals surface area contributed by atoms with Crippen LogP contribution in [0.5, 0.6) is 5.75 Å². The number of nitrogens with zero attached hydrogens (tertiary/aromatic N) is 4. The average molecular weight is 336 g/mol. The smallest absolute Gasteiger partial charge is 0.133 e. The quantitative estimate of drug-likeness (QED) is 0.733. The summed E-state index contributed by atoms with van der Waals surface area (Å²) >= 11 is 0. The Labute approximate surface area is 146 Å². The maximum atomic E-state index is 5.80. The van der Waals surface area contributed by atoms with Gasteiger partial charge in [0.05, 0.1) is 41.9 Å². The van der Waals surface area contributed by atoms with E-state index < -0.39 is 0 Å². The van der Waals surface area contributed by atoms with Gasteiger partial charge in [-0.25, -0.2) is 15.0 Å². The first-order valence-electron chi connectivity index (χ1n) is 8.78. The average Bonchev–Trinajstić information content (AvgIpc) is 3.20. The molecule has 2 atom stereocenters. The molecule has 3 aliphatic rings. The SMILES string of the molecule is CC(C)Oc1ccc2c(c1)C(c1cc(N3CC4CC3CO4)ncn1)=N2. The number of benzene rings is 1. The molecule has 5 rings (SSSR count). The third kappa shape index (κ3) is 2.48. The summed E-state index contributed by atoms with van der Waals surface area (Å²) in [4.78, 5) is 15.9. The molecule has 0 saturated carbocycles. The Morgan fingerprint density at radius 3 is 2.92 bits per heavy atom. The van der Waals surface area contributed by atoms with Crippen molar-refractivity contribution in [1.82, 2.24) is 9.97 Å². The normalized spacial score (nSPS) is 23.5. The Morgan fingerprint density at radius 1 is 1.24 bits per heavy atom. The zero-order valence-corrected chi connectivity index (χ0v) is 14.3. The molecule has 25 heavy (non-hydrogen) atoms.